The third-order valence-corrected chi connectivity index (χ3v) is 6.66. The number of alkyl halides is 3. The van der Waals surface area contributed by atoms with E-state index in [1.165, 1.54) is 12.4 Å². The lowest BCUT2D eigenvalue weighted by atomic mass is 9.95. The van der Waals surface area contributed by atoms with E-state index < -0.39 is 17.6 Å². The van der Waals surface area contributed by atoms with Gasteiger partial charge in [0.1, 0.15) is 29.6 Å². The summed E-state index contributed by atoms with van der Waals surface area (Å²) in [6.07, 6.45) is 0.162. The van der Waals surface area contributed by atoms with Crippen LogP contribution >= 0.6 is 0 Å². The Bertz CT molecular complexity index is 1280. The number of halogens is 4. The maximum atomic E-state index is 13.8. The predicted molar refractivity (Wildman–Crippen MR) is 125 cm³/mol. The summed E-state index contributed by atoms with van der Waals surface area (Å²) in [6, 6.07) is 2.98. The summed E-state index contributed by atoms with van der Waals surface area (Å²) in [7, 11) is 1.82. The van der Waals surface area contributed by atoms with Gasteiger partial charge in [0, 0.05) is 49.4 Å². The zero-order valence-electron chi connectivity index (χ0n) is 19.6. The molecule has 0 aliphatic carbocycles. The van der Waals surface area contributed by atoms with E-state index in [1.54, 1.807) is 6.20 Å². The van der Waals surface area contributed by atoms with Gasteiger partial charge in [-0.1, -0.05) is 0 Å². The molecule has 2 aliphatic heterocycles. The highest BCUT2D eigenvalue weighted by molar-refractivity contribution is 5.99. The molecule has 5 rings (SSSR count). The topological polar surface area (TPSA) is 88.0 Å². The van der Waals surface area contributed by atoms with Crippen LogP contribution in [0.5, 0.6) is 0 Å². The number of nitrogens with zero attached hydrogens (tertiary/aromatic N) is 5. The molecule has 1 amide bonds. The number of nitrogens with one attached hydrogen (secondary N) is 2. The van der Waals surface area contributed by atoms with Crippen LogP contribution < -0.4 is 15.5 Å². The molecular weight excluding hydrogens is 478 g/mol. The van der Waals surface area contributed by atoms with Crippen molar-refractivity contribution in [1.82, 2.24) is 24.8 Å². The van der Waals surface area contributed by atoms with Crippen LogP contribution in [-0.4, -0.2) is 52.1 Å². The summed E-state index contributed by atoms with van der Waals surface area (Å²) in [5, 5.41) is 5.83. The van der Waals surface area contributed by atoms with Crippen LogP contribution in [0.2, 0.25) is 0 Å². The molecule has 3 aromatic rings. The number of likely N-dealkylation sites (N-methyl/N-ethyl adjacent to an activating group) is 1. The Morgan fingerprint density at radius 2 is 1.97 bits per heavy atom. The second-order valence-corrected chi connectivity index (χ2v) is 8.98. The van der Waals surface area contributed by atoms with E-state index in [0.717, 1.165) is 42.2 Å². The number of fused-ring (bicyclic) bond motifs is 1. The smallest absolute Gasteiger partial charge is 0.356 e. The SMILES string of the molecule is CNCCn1cc(-c2ccc(F)c(C(F)(F)F)c2)nc1C1CCN(c2ncnc3c2CC(=O)N3)CC1. The first-order valence-electron chi connectivity index (χ1n) is 11.7. The number of hydrogen-bond acceptors (Lipinski definition) is 6. The molecule has 4 heterocycles. The Hall–Kier alpha value is -3.54. The molecule has 190 valence electrons. The van der Waals surface area contributed by atoms with E-state index in [4.69, 9.17) is 4.98 Å². The summed E-state index contributed by atoms with van der Waals surface area (Å²) in [4.78, 5) is 27.2. The molecule has 0 bridgehead atoms. The lowest BCUT2D eigenvalue weighted by Gasteiger charge is -2.33. The molecule has 0 radical (unpaired) electrons. The van der Waals surface area contributed by atoms with Crippen molar-refractivity contribution >= 4 is 17.5 Å². The first-order chi connectivity index (χ1) is 17.2. The molecule has 0 atom stereocenters. The number of hydrogen-bond donors (Lipinski definition) is 2. The summed E-state index contributed by atoms with van der Waals surface area (Å²) >= 11 is 0. The highest BCUT2D eigenvalue weighted by Crippen LogP contribution is 2.37. The van der Waals surface area contributed by atoms with Crippen LogP contribution in [0.3, 0.4) is 0 Å². The van der Waals surface area contributed by atoms with E-state index >= 15 is 0 Å². The molecule has 1 fully saturated rings. The zero-order chi connectivity index (χ0) is 25.4. The van der Waals surface area contributed by atoms with E-state index in [1.807, 2.05) is 11.6 Å². The second kappa shape index (κ2) is 9.49. The van der Waals surface area contributed by atoms with Crippen molar-refractivity contribution in [1.29, 1.82) is 0 Å². The van der Waals surface area contributed by atoms with Crippen molar-refractivity contribution in [2.75, 3.05) is 36.9 Å². The predicted octanol–water partition coefficient (Wildman–Crippen LogP) is 3.60. The molecule has 12 heteroatoms. The maximum Gasteiger partial charge on any atom is 0.419 e. The molecule has 0 saturated carbocycles. The average Bonchev–Trinajstić information content (AvgIpc) is 3.45. The van der Waals surface area contributed by atoms with Gasteiger partial charge < -0.3 is 20.1 Å². The standard InChI is InChI=1S/C24H25F4N7O/c1-29-6-9-35-12-19(15-2-3-18(25)17(10-15)24(26,27)28)32-22(35)14-4-7-34(8-5-14)23-16-11-20(36)33-21(16)30-13-31-23/h2-3,10,12-14,29H,4-9,11H2,1H3,(H,30,31,33,36). The van der Waals surface area contributed by atoms with Gasteiger partial charge in [-0.15, -0.1) is 0 Å². The van der Waals surface area contributed by atoms with Crippen LogP contribution in [0.15, 0.2) is 30.7 Å². The molecule has 0 spiro atoms. The molecule has 2 aromatic heterocycles. The minimum Gasteiger partial charge on any atom is -0.356 e. The number of anilines is 2. The van der Waals surface area contributed by atoms with Crippen molar-refractivity contribution in [3.05, 3.63) is 53.5 Å². The van der Waals surface area contributed by atoms with Gasteiger partial charge in [-0.3, -0.25) is 4.79 Å². The summed E-state index contributed by atoms with van der Waals surface area (Å²) in [5.41, 5.74) is 0.104. The number of piperidine rings is 1. The van der Waals surface area contributed by atoms with Gasteiger partial charge >= 0.3 is 6.18 Å². The fourth-order valence-electron chi connectivity index (χ4n) is 4.84. The van der Waals surface area contributed by atoms with Gasteiger partial charge in [0.05, 0.1) is 17.7 Å². The van der Waals surface area contributed by atoms with Gasteiger partial charge in [0.2, 0.25) is 5.91 Å². The van der Waals surface area contributed by atoms with Crippen molar-refractivity contribution in [3.8, 4) is 11.3 Å². The van der Waals surface area contributed by atoms with Crippen molar-refractivity contribution in [2.45, 2.75) is 37.9 Å². The highest BCUT2D eigenvalue weighted by Gasteiger charge is 2.35. The van der Waals surface area contributed by atoms with E-state index in [9.17, 15) is 22.4 Å². The van der Waals surface area contributed by atoms with Crippen LogP contribution in [0, 0.1) is 5.82 Å². The van der Waals surface area contributed by atoms with Crippen LogP contribution in [0.1, 0.15) is 35.7 Å². The molecular formula is C24H25F4N7O. The van der Waals surface area contributed by atoms with Crippen LogP contribution in [0.25, 0.3) is 11.3 Å². The van der Waals surface area contributed by atoms with Gasteiger partial charge in [0.25, 0.3) is 0 Å². The second-order valence-electron chi connectivity index (χ2n) is 8.98. The van der Waals surface area contributed by atoms with Crippen LogP contribution in [0.4, 0.5) is 29.2 Å². The Kier molecular flexibility index (Phi) is 6.37. The Labute approximate surface area is 204 Å². The minimum atomic E-state index is -4.79. The number of carbonyl (C=O) groups is 1. The highest BCUT2D eigenvalue weighted by atomic mass is 19.4. The number of rotatable bonds is 6. The normalized spacial score (nSPS) is 16.4. The summed E-state index contributed by atoms with van der Waals surface area (Å²) in [5.74, 6) is 0.780. The third kappa shape index (κ3) is 4.64. The summed E-state index contributed by atoms with van der Waals surface area (Å²) < 4.78 is 55.6. The maximum absolute atomic E-state index is 13.8. The quantitative estimate of drug-likeness (QED) is 0.500. The fourth-order valence-corrected chi connectivity index (χ4v) is 4.84. The Morgan fingerprint density at radius 3 is 2.69 bits per heavy atom. The number of aromatic nitrogens is 4. The largest absolute Gasteiger partial charge is 0.419 e. The van der Waals surface area contributed by atoms with E-state index in [-0.39, 0.29) is 23.8 Å². The monoisotopic (exact) mass is 503 g/mol. The molecule has 1 aromatic carbocycles. The lowest BCUT2D eigenvalue weighted by Crippen LogP contribution is -2.35. The average molecular weight is 504 g/mol. The van der Waals surface area contributed by atoms with Crippen LogP contribution in [-0.2, 0) is 23.9 Å². The molecule has 2 aliphatic rings. The summed E-state index contributed by atoms with van der Waals surface area (Å²) in [6.45, 7) is 2.63. The molecule has 2 N–H and O–H groups in total. The van der Waals surface area contributed by atoms with Gasteiger partial charge in [-0.2, -0.15) is 13.2 Å². The Morgan fingerprint density at radius 1 is 1.19 bits per heavy atom. The first kappa shape index (κ1) is 24.2. The number of amides is 1. The third-order valence-electron chi connectivity index (χ3n) is 6.66. The fraction of sp³-hybridized carbons (Fsp3) is 0.417. The van der Waals surface area contributed by atoms with Crippen molar-refractivity contribution in [3.63, 3.8) is 0 Å². The van der Waals surface area contributed by atoms with E-state index in [0.29, 0.717) is 37.7 Å². The number of imidazole rings is 1. The minimum absolute atomic E-state index is 0.0871. The molecule has 1 saturated heterocycles. The first-order valence-corrected chi connectivity index (χ1v) is 11.7. The van der Waals surface area contributed by atoms with Crippen molar-refractivity contribution < 1.29 is 22.4 Å². The molecule has 8 nitrogen and oxygen atoms in total. The van der Waals surface area contributed by atoms with E-state index in [2.05, 4.69) is 25.5 Å². The van der Waals surface area contributed by atoms with Gasteiger partial charge in [-0.05, 0) is 38.1 Å². The van der Waals surface area contributed by atoms with Gasteiger partial charge in [0.15, 0.2) is 0 Å². The number of benzene rings is 1. The Balaban J connectivity index is 1.39. The van der Waals surface area contributed by atoms with Gasteiger partial charge in [-0.25, -0.2) is 19.3 Å². The number of carbonyl (C=O) groups excluding carboxylic acids is 1. The lowest BCUT2D eigenvalue weighted by molar-refractivity contribution is -0.140. The van der Waals surface area contributed by atoms with Crippen molar-refractivity contribution in [2.24, 2.45) is 0 Å². The molecule has 0 unspecified atom stereocenters. The zero-order valence-corrected chi connectivity index (χ0v) is 19.6. The molecule has 36 heavy (non-hydrogen) atoms.